The molecule has 2 rings (SSSR count). The first kappa shape index (κ1) is 14.7. The van der Waals surface area contributed by atoms with E-state index in [4.69, 9.17) is 0 Å². The van der Waals surface area contributed by atoms with Gasteiger partial charge in [0.05, 0.1) is 0 Å². The lowest BCUT2D eigenvalue weighted by Gasteiger charge is -2.10. The van der Waals surface area contributed by atoms with Gasteiger partial charge in [-0.05, 0) is 42.3 Å². The van der Waals surface area contributed by atoms with Gasteiger partial charge in [0, 0.05) is 37.1 Å². The molecule has 0 bridgehead atoms. The van der Waals surface area contributed by atoms with Gasteiger partial charge in [0.2, 0.25) is 5.91 Å². The number of nitrogens with zero attached hydrogens (tertiary/aromatic N) is 1. The van der Waals surface area contributed by atoms with Crippen LogP contribution in [0.2, 0.25) is 0 Å². The molecule has 0 spiro atoms. The molecular weight excluding hydrogens is 266 g/mol. The maximum atomic E-state index is 12.2. The van der Waals surface area contributed by atoms with Crippen molar-refractivity contribution in [3.63, 3.8) is 0 Å². The smallest absolute Gasteiger partial charge is 0.251 e. The molecule has 0 saturated carbocycles. The van der Waals surface area contributed by atoms with Gasteiger partial charge in [-0.3, -0.25) is 14.6 Å². The summed E-state index contributed by atoms with van der Waals surface area (Å²) < 4.78 is 0. The molecule has 0 aliphatic rings. The summed E-state index contributed by atoms with van der Waals surface area (Å²) >= 11 is 0. The fraction of sp³-hybridized carbons (Fsp3) is 0.188. The number of rotatable bonds is 4. The minimum absolute atomic E-state index is 0.165. The third-order valence-corrected chi connectivity index (χ3v) is 3.00. The van der Waals surface area contributed by atoms with Crippen molar-refractivity contribution in [1.29, 1.82) is 0 Å². The molecule has 0 aliphatic heterocycles. The van der Waals surface area contributed by atoms with Crippen LogP contribution < -0.4 is 10.6 Å². The van der Waals surface area contributed by atoms with E-state index in [2.05, 4.69) is 15.6 Å². The largest absolute Gasteiger partial charge is 0.348 e. The first-order valence-corrected chi connectivity index (χ1v) is 6.61. The van der Waals surface area contributed by atoms with E-state index in [1.54, 1.807) is 24.5 Å². The van der Waals surface area contributed by atoms with Crippen molar-refractivity contribution in [2.75, 3.05) is 5.32 Å². The standard InChI is InChI=1S/C16H17N3O2/c1-11-3-4-14(19-12(2)20)9-15(11)16(21)18-10-13-5-7-17-8-6-13/h3-9H,10H2,1-2H3,(H,18,21)(H,19,20). The minimum Gasteiger partial charge on any atom is -0.348 e. The average Bonchev–Trinajstić information content (AvgIpc) is 2.47. The number of carbonyl (C=O) groups is 2. The lowest BCUT2D eigenvalue weighted by molar-refractivity contribution is -0.114. The molecule has 108 valence electrons. The van der Waals surface area contributed by atoms with Gasteiger partial charge in [-0.15, -0.1) is 0 Å². The summed E-state index contributed by atoms with van der Waals surface area (Å²) in [6.45, 7) is 3.73. The number of nitrogens with one attached hydrogen (secondary N) is 2. The van der Waals surface area contributed by atoms with Gasteiger partial charge in [-0.25, -0.2) is 0 Å². The summed E-state index contributed by atoms with van der Waals surface area (Å²) in [5, 5.41) is 5.53. The Bertz CT molecular complexity index is 654. The highest BCUT2D eigenvalue weighted by atomic mass is 16.2. The van der Waals surface area contributed by atoms with Gasteiger partial charge in [-0.2, -0.15) is 0 Å². The van der Waals surface area contributed by atoms with E-state index >= 15 is 0 Å². The van der Waals surface area contributed by atoms with Gasteiger partial charge >= 0.3 is 0 Å². The van der Waals surface area contributed by atoms with Crippen LogP contribution in [0.1, 0.15) is 28.4 Å². The van der Waals surface area contributed by atoms with Gasteiger partial charge in [-0.1, -0.05) is 6.07 Å². The summed E-state index contributed by atoms with van der Waals surface area (Å²) in [7, 11) is 0. The van der Waals surface area contributed by atoms with Gasteiger partial charge in [0.1, 0.15) is 0 Å². The van der Waals surface area contributed by atoms with Crippen molar-refractivity contribution in [1.82, 2.24) is 10.3 Å². The van der Waals surface area contributed by atoms with E-state index in [0.717, 1.165) is 11.1 Å². The molecule has 0 aliphatic carbocycles. The van der Waals surface area contributed by atoms with E-state index in [9.17, 15) is 9.59 Å². The second-order valence-electron chi connectivity index (χ2n) is 4.75. The third-order valence-electron chi connectivity index (χ3n) is 3.00. The van der Waals surface area contributed by atoms with Crippen molar-refractivity contribution < 1.29 is 9.59 Å². The van der Waals surface area contributed by atoms with Crippen molar-refractivity contribution >= 4 is 17.5 Å². The average molecular weight is 283 g/mol. The molecular formula is C16H17N3O2. The van der Waals surface area contributed by atoms with Crippen molar-refractivity contribution in [2.45, 2.75) is 20.4 Å². The van der Waals surface area contributed by atoms with Gasteiger partial charge in [0.15, 0.2) is 0 Å². The Labute approximate surface area is 123 Å². The van der Waals surface area contributed by atoms with Crippen LogP contribution in [0.5, 0.6) is 0 Å². The van der Waals surface area contributed by atoms with E-state index in [-0.39, 0.29) is 11.8 Å². The zero-order valence-electron chi connectivity index (χ0n) is 12.0. The Morgan fingerprint density at radius 2 is 1.86 bits per heavy atom. The molecule has 0 unspecified atom stereocenters. The fourth-order valence-electron chi connectivity index (χ4n) is 1.93. The maximum Gasteiger partial charge on any atom is 0.251 e. The highest BCUT2D eigenvalue weighted by Gasteiger charge is 2.10. The predicted molar refractivity (Wildman–Crippen MR) is 80.9 cm³/mol. The topological polar surface area (TPSA) is 71.1 Å². The summed E-state index contributed by atoms with van der Waals surface area (Å²) in [4.78, 5) is 27.2. The number of carbonyl (C=O) groups excluding carboxylic acids is 2. The van der Waals surface area contributed by atoms with Crippen LogP contribution in [-0.4, -0.2) is 16.8 Å². The normalized spacial score (nSPS) is 10.0. The number of benzene rings is 1. The SMILES string of the molecule is CC(=O)Nc1ccc(C)c(C(=O)NCc2ccncc2)c1. The summed E-state index contributed by atoms with van der Waals surface area (Å²) in [5.41, 5.74) is 3.00. The second-order valence-corrected chi connectivity index (χ2v) is 4.75. The van der Waals surface area contributed by atoms with Crippen molar-refractivity contribution in [3.05, 3.63) is 59.4 Å². The summed E-state index contributed by atoms with van der Waals surface area (Å²) in [6.07, 6.45) is 3.37. The molecule has 0 fully saturated rings. The maximum absolute atomic E-state index is 12.2. The quantitative estimate of drug-likeness (QED) is 0.904. The Hall–Kier alpha value is -2.69. The van der Waals surface area contributed by atoms with E-state index in [1.807, 2.05) is 25.1 Å². The van der Waals surface area contributed by atoms with Gasteiger partial charge in [0.25, 0.3) is 5.91 Å². The van der Waals surface area contributed by atoms with Crippen molar-refractivity contribution in [2.24, 2.45) is 0 Å². The van der Waals surface area contributed by atoms with E-state index in [1.165, 1.54) is 6.92 Å². The fourth-order valence-corrected chi connectivity index (χ4v) is 1.93. The number of aromatic nitrogens is 1. The van der Waals surface area contributed by atoms with Crippen molar-refractivity contribution in [3.8, 4) is 0 Å². The Balaban J connectivity index is 2.09. The lowest BCUT2D eigenvalue weighted by Crippen LogP contribution is -2.23. The van der Waals surface area contributed by atoms with E-state index in [0.29, 0.717) is 17.8 Å². The lowest BCUT2D eigenvalue weighted by atomic mass is 10.1. The molecule has 0 atom stereocenters. The number of aryl methyl sites for hydroxylation is 1. The van der Waals surface area contributed by atoms with Crippen LogP contribution in [-0.2, 0) is 11.3 Å². The zero-order valence-corrected chi connectivity index (χ0v) is 12.0. The number of pyridine rings is 1. The molecule has 1 heterocycles. The van der Waals surface area contributed by atoms with Crippen LogP contribution in [0.15, 0.2) is 42.7 Å². The molecule has 0 saturated heterocycles. The number of hydrogen-bond donors (Lipinski definition) is 2. The first-order valence-electron chi connectivity index (χ1n) is 6.61. The molecule has 2 N–H and O–H groups in total. The number of anilines is 1. The van der Waals surface area contributed by atoms with Gasteiger partial charge < -0.3 is 10.6 Å². The molecule has 2 aromatic rings. The second kappa shape index (κ2) is 6.65. The van der Waals surface area contributed by atoms with Crippen LogP contribution in [0.4, 0.5) is 5.69 Å². The summed E-state index contributed by atoms with van der Waals surface area (Å²) in [5.74, 6) is -0.335. The molecule has 5 heteroatoms. The Kier molecular flexibility index (Phi) is 4.66. The van der Waals surface area contributed by atoms with E-state index < -0.39 is 0 Å². The summed E-state index contributed by atoms with van der Waals surface area (Å²) in [6, 6.07) is 8.96. The molecule has 0 radical (unpaired) electrons. The zero-order chi connectivity index (χ0) is 15.2. The molecule has 1 aromatic carbocycles. The van der Waals surface area contributed by atoms with Crippen LogP contribution >= 0.6 is 0 Å². The molecule has 5 nitrogen and oxygen atoms in total. The van der Waals surface area contributed by atoms with Crippen LogP contribution in [0.25, 0.3) is 0 Å². The monoisotopic (exact) mass is 283 g/mol. The van der Waals surface area contributed by atoms with Crippen LogP contribution in [0, 0.1) is 6.92 Å². The van der Waals surface area contributed by atoms with Crippen LogP contribution in [0.3, 0.4) is 0 Å². The first-order chi connectivity index (χ1) is 10.1. The number of amides is 2. The molecule has 2 amide bonds. The minimum atomic E-state index is -0.170. The Morgan fingerprint density at radius 1 is 1.14 bits per heavy atom. The number of hydrogen-bond acceptors (Lipinski definition) is 3. The highest BCUT2D eigenvalue weighted by molar-refractivity contribution is 5.98. The Morgan fingerprint density at radius 3 is 2.52 bits per heavy atom. The predicted octanol–water partition coefficient (Wildman–Crippen LogP) is 2.28. The molecule has 21 heavy (non-hydrogen) atoms. The molecule has 1 aromatic heterocycles. The highest BCUT2D eigenvalue weighted by Crippen LogP contribution is 2.15. The third kappa shape index (κ3) is 4.14.